The van der Waals surface area contributed by atoms with Crippen molar-refractivity contribution in [3.63, 3.8) is 0 Å². The quantitative estimate of drug-likeness (QED) is 0.359. The molecule has 2 aromatic heterocycles. The molecule has 2 aromatic carbocycles. The number of aromatic nitrogens is 4. The van der Waals surface area contributed by atoms with Gasteiger partial charge in [0.2, 0.25) is 5.95 Å². The second kappa shape index (κ2) is 10.8. The number of benzene rings is 2. The molecule has 172 valence electrons. The first-order chi connectivity index (χ1) is 16.2. The van der Waals surface area contributed by atoms with Crippen molar-refractivity contribution in [3.8, 4) is 22.9 Å². The van der Waals surface area contributed by atoms with Crippen molar-refractivity contribution in [1.82, 2.24) is 24.5 Å². The number of hydrogen-bond donors (Lipinski definition) is 1. The van der Waals surface area contributed by atoms with E-state index in [1.165, 1.54) is 0 Å². The second-order valence-electron chi connectivity index (χ2n) is 7.46. The minimum Gasteiger partial charge on any atom is -0.494 e. The lowest BCUT2D eigenvalue weighted by molar-refractivity contribution is 0.223. The maximum atomic E-state index is 5.93. The summed E-state index contributed by atoms with van der Waals surface area (Å²) in [6.45, 7) is 10.5. The van der Waals surface area contributed by atoms with Crippen molar-refractivity contribution >= 4 is 17.3 Å². The van der Waals surface area contributed by atoms with Crippen LogP contribution in [0.3, 0.4) is 0 Å². The maximum Gasteiger partial charge on any atom is 0.247 e. The number of rotatable bonds is 11. The molecule has 4 rings (SSSR count). The average Bonchev–Trinajstić information content (AvgIpc) is 3.25. The fourth-order valence-corrected chi connectivity index (χ4v) is 3.56. The third-order valence-electron chi connectivity index (χ3n) is 5.34. The number of nitrogens with one attached hydrogen (secondary N) is 1. The molecule has 0 aliphatic carbocycles. The minimum absolute atomic E-state index is 0.496. The van der Waals surface area contributed by atoms with E-state index in [0.29, 0.717) is 30.6 Å². The Bertz CT molecular complexity index is 1170. The predicted octanol–water partition coefficient (Wildman–Crippen LogP) is 4.65. The smallest absolute Gasteiger partial charge is 0.247 e. The second-order valence-corrected chi connectivity index (χ2v) is 7.46. The molecule has 0 spiro atoms. The normalized spacial score (nSPS) is 11.2. The van der Waals surface area contributed by atoms with E-state index < -0.39 is 0 Å². The lowest BCUT2D eigenvalue weighted by Gasteiger charge is -2.18. The summed E-state index contributed by atoms with van der Waals surface area (Å²) in [7, 11) is 0. The van der Waals surface area contributed by atoms with Crippen molar-refractivity contribution in [1.29, 1.82) is 0 Å². The van der Waals surface area contributed by atoms with Crippen LogP contribution in [0.1, 0.15) is 20.8 Å². The monoisotopic (exact) mass is 446 g/mol. The van der Waals surface area contributed by atoms with Gasteiger partial charge in [-0.3, -0.25) is 0 Å². The summed E-state index contributed by atoms with van der Waals surface area (Å²) in [4.78, 5) is 11.5. The molecule has 33 heavy (non-hydrogen) atoms. The number of fused-ring (bicyclic) bond motifs is 1. The summed E-state index contributed by atoms with van der Waals surface area (Å²) in [6, 6.07) is 17.5. The van der Waals surface area contributed by atoms with Gasteiger partial charge in [0.15, 0.2) is 11.5 Å². The van der Waals surface area contributed by atoms with Gasteiger partial charge in [-0.25, -0.2) is 4.98 Å². The van der Waals surface area contributed by atoms with E-state index in [1.54, 1.807) is 10.7 Å². The van der Waals surface area contributed by atoms with E-state index >= 15 is 0 Å². The topological polar surface area (TPSA) is 76.8 Å². The Labute approximate surface area is 194 Å². The fourth-order valence-electron chi connectivity index (χ4n) is 3.56. The molecule has 0 bridgehead atoms. The molecule has 0 aliphatic rings. The van der Waals surface area contributed by atoms with Gasteiger partial charge in [0.25, 0.3) is 0 Å². The molecule has 0 unspecified atom stereocenters. The van der Waals surface area contributed by atoms with Gasteiger partial charge in [-0.05, 0) is 56.4 Å². The molecule has 8 nitrogen and oxygen atoms in total. The lowest BCUT2D eigenvalue weighted by atomic mass is 10.2. The Balaban J connectivity index is 1.49. The van der Waals surface area contributed by atoms with Gasteiger partial charge < -0.3 is 19.7 Å². The lowest BCUT2D eigenvalue weighted by Crippen LogP contribution is -2.27. The first kappa shape index (κ1) is 22.5. The van der Waals surface area contributed by atoms with E-state index in [-0.39, 0.29) is 0 Å². The molecule has 0 fully saturated rings. The number of nitrogens with zero attached hydrogens (tertiary/aromatic N) is 5. The molecular weight excluding hydrogens is 416 g/mol. The number of likely N-dealkylation sites (N-methyl/N-ethyl adjacent to an activating group) is 1. The highest BCUT2D eigenvalue weighted by atomic mass is 16.5. The predicted molar refractivity (Wildman–Crippen MR) is 130 cm³/mol. The van der Waals surface area contributed by atoms with Crippen LogP contribution in [0.2, 0.25) is 0 Å². The Kier molecular flexibility index (Phi) is 7.36. The third-order valence-corrected chi connectivity index (χ3v) is 5.34. The van der Waals surface area contributed by atoms with Crippen molar-refractivity contribution in [2.45, 2.75) is 20.8 Å². The molecule has 0 aliphatic heterocycles. The number of ether oxygens (including phenoxy) is 2. The first-order valence-corrected chi connectivity index (χ1v) is 11.4. The maximum absolute atomic E-state index is 5.93. The van der Waals surface area contributed by atoms with Crippen molar-refractivity contribution in [3.05, 3.63) is 60.8 Å². The highest BCUT2D eigenvalue weighted by Crippen LogP contribution is 2.24. The van der Waals surface area contributed by atoms with Crippen molar-refractivity contribution in [2.24, 2.45) is 0 Å². The summed E-state index contributed by atoms with van der Waals surface area (Å²) in [5, 5.41) is 7.91. The average molecular weight is 447 g/mol. The van der Waals surface area contributed by atoms with Crippen LogP contribution >= 0.6 is 0 Å². The SMILES string of the molecule is CCOc1ccc(-c2nccc3nc(Nc4cccc(OCCN(CC)CC)c4)nn23)cc1. The van der Waals surface area contributed by atoms with Gasteiger partial charge in [-0.1, -0.05) is 19.9 Å². The standard InChI is InChI=1S/C25H30N6O2/c1-4-30(5-2)16-17-33-22-9-7-8-20(18-22)27-25-28-23-14-15-26-24(31(23)29-25)19-10-12-21(13-11-19)32-6-3/h7-15,18H,4-6,16-17H2,1-3H3,(H,27,29). The van der Waals surface area contributed by atoms with Crippen LogP contribution in [0.5, 0.6) is 11.5 Å². The minimum atomic E-state index is 0.496. The summed E-state index contributed by atoms with van der Waals surface area (Å²) in [5.74, 6) is 2.85. The zero-order chi connectivity index (χ0) is 23.0. The van der Waals surface area contributed by atoms with Crippen LogP contribution in [0.15, 0.2) is 60.8 Å². The Morgan fingerprint density at radius 3 is 2.52 bits per heavy atom. The Morgan fingerprint density at radius 1 is 0.939 bits per heavy atom. The van der Waals surface area contributed by atoms with Gasteiger partial charge in [0, 0.05) is 36.1 Å². The van der Waals surface area contributed by atoms with Crippen LogP contribution < -0.4 is 14.8 Å². The molecule has 0 amide bonds. The highest BCUT2D eigenvalue weighted by molar-refractivity contribution is 5.62. The van der Waals surface area contributed by atoms with Crippen molar-refractivity contribution < 1.29 is 9.47 Å². The summed E-state index contributed by atoms with van der Waals surface area (Å²) in [6.07, 6.45) is 1.74. The van der Waals surface area contributed by atoms with E-state index in [1.807, 2.05) is 61.5 Å². The highest BCUT2D eigenvalue weighted by Gasteiger charge is 2.11. The number of anilines is 2. The van der Waals surface area contributed by atoms with Crippen LogP contribution in [-0.2, 0) is 0 Å². The molecule has 0 saturated carbocycles. The summed E-state index contributed by atoms with van der Waals surface area (Å²) >= 11 is 0. The van der Waals surface area contributed by atoms with Gasteiger partial charge in [-0.2, -0.15) is 9.50 Å². The van der Waals surface area contributed by atoms with Gasteiger partial charge >= 0.3 is 0 Å². The van der Waals surface area contributed by atoms with Crippen molar-refractivity contribution in [2.75, 3.05) is 38.2 Å². The largest absolute Gasteiger partial charge is 0.494 e. The van der Waals surface area contributed by atoms with Gasteiger partial charge in [0.05, 0.1) is 6.61 Å². The zero-order valence-electron chi connectivity index (χ0n) is 19.4. The summed E-state index contributed by atoms with van der Waals surface area (Å²) < 4.78 is 13.2. The molecule has 4 aromatic rings. The molecule has 0 atom stereocenters. The Morgan fingerprint density at radius 2 is 1.76 bits per heavy atom. The molecule has 0 radical (unpaired) electrons. The van der Waals surface area contributed by atoms with E-state index in [4.69, 9.17) is 9.47 Å². The molecule has 8 heteroatoms. The van der Waals surface area contributed by atoms with Gasteiger partial charge in [0.1, 0.15) is 18.1 Å². The molecular formula is C25H30N6O2. The molecule has 2 heterocycles. The number of hydrogen-bond acceptors (Lipinski definition) is 7. The van der Waals surface area contributed by atoms with E-state index in [2.05, 4.69) is 39.1 Å². The van der Waals surface area contributed by atoms with Gasteiger partial charge in [-0.15, -0.1) is 5.10 Å². The van der Waals surface area contributed by atoms with Crippen LogP contribution in [0, 0.1) is 0 Å². The molecule has 1 N–H and O–H groups in total. The first-order valence-electron chi connectivity index (χ1n) is 11.4. The summed E-state index contributed by atoms with van der Waals surface area (Å²) in [5.41, 5.74) is 2.51. The van der Waals surface area contributed by atoms with Crippen LogP contribution in [-0.4, -0.2) is 57.3 Å². The Hall–Kier alpha value is -3.65. The van der Waals surface area contributed by atoms with E-state index in [0.717, 1.165) is 42.4 Å². The van der Waals surface area contributed by atoms with E-state index in [9.17, 15) is 0 Å². The third kappa shape index (κ3) is 5.59. The van der Waals surface area contributed by atoms with Crippen LogP contribution in [0.25, 0.3) is 17.0 Å². The fraction of sp³-hybridized carbons (Fsp3) is 0.320. The van der Waals surface area contributed by atoms with Crippen LogP contribution in [0.4, 0.5) is 11.6 Å². The zero-order valence-corrected chi connectivity index (χ0v) is 19.4. The molecule has 0 saturated heterocycles.